The second-order valence-corrected chi connectivity index (χ2v) is 8.39. The highest BCUT2D eigenvalue weighted by molar-refractivity contribution is 5.80. The van der Waals surface area contributed by atoms with Crippen molar-refractivity contribution in [3.63, 3.8) is 0 Å². The molecule has 0 bridgehead atoms. The Morgan fingerprint density at radius 1 is 1.18 bits per heavy atom. The van der Waals surface area contributed by atoms with Gasteiger partial charge in [0.15, 0.2) is 0 Å². The third-order valence-electron chi connectivity index (χ3n) is 6.69. The topological polar surface area (TPSA) is 26.3 Å². The van der Waals surface area contributed by atoms with Crippen molar-refractivity contribution in [1.82, 2.24) is 0 Å². The van der Waals surface area contributed by atoms with Crippen molar-refractivity contribution in [1.29, 1.82) is 0 Å². The number of hydrogen-bond donors (Lipinski definition) is 0. The van der Waals surface area contributed by atoms with Gasteiger partial charge in [-0.25, -0.2) is 0 Å². The van der Waals surface area contributed by atoms with Gasteiger partial charge >= 0.3 is 5.97 Å². The standard InChI is InChI=1S/C20H26O2/c1-12(2)13-6-7-15-14(10-13)11-16-17-19(15,3)8-5-9-20(17,4)18(21)22-16/h6-7,10,12,16-17H,5,8-9,11H2,1-4H3/t16-,17+,19+,20+/m0/s1. The van der Waals surface area contributed by atoms with E-state index in [1.807, 2.05) is 0 Å². The molecule has 1 saturated heterocycles. The molecule has 0 aromatic heterocycles. The number of fused-ring (bicyclic) bond motifs is 2. The van der Waals surface area contributed by atoms with E-state index in [0.29, 0.717) is 11.8 Å². The molecule has 2 nitrogen and oxygen atoms in total. The smallest absolute Gasteiger partial charge is 0.312 e. The van der Waals surface area contributed by atoms with Crippen molar-refractivity contribution in [2.75, 3.05) is 0 Å². The van der Waals surface area contributed by atoms with E-state index in [1.165, 1.54) is 23.1 Å². The Kier molecular flexibility index (Phi) is 2.84. The van der Waals surface area contributed by atoms with Crippen LogP contribution in [0.1, 0.15) is 69.6 Å². The fraction of sp³-hybridized carbons (Fsp3) is 0.650. The number of ether oxygens (including phenoxy) is 1. The normalized spacial score (nSPS) is 39.4. The van der Waals surface area contributed by atoms with Gasteiger partial charge in [0.1, 0.15) is 6.10 Å². The fourth-order valence-electron chi connectivity index (χ4n) is 5.60. The van der Waals surface area contributed by atoms with Crippen molar-refractivity contribution in [3.05, 3.63) is 34.9 Å². The molecule has 1 saturated carbocycles. The zero-order valence-corrected chi connectivity index (χ0v) is 14.1. The van der Waals surface area contributed by atoms with Gasteiger partial charge in [0.05, 0.1) is 5.41 Å². The minimum atomic E-state index is -0.272. The van der Waals surface area contributed by atoms with Gasteiger partial charge in [-0.2, -0.15) is 0 Å². The van der Waals surface area contributed by atoms with Crippen LogP contribution in [0.4, 0.5) is 0 Å². The lowest BCUT2D eigenvalue weighted by Gasteiger charge is -2.51. The maximum Gasteiger partial charge on any atom is 0.312 e. The second-order valence-electron chi connectivity index (χ2n) is 8.39. The van der Waals surface area contributed by atoms with E-state index >= 15 is 0 Å². The van der Waals surface area contributed by atoms with Gasteiger partial charge in [-0.05, 0) is 42.4 Å². The summed E-state index contributed by atoms with van der Waals surface area (Å²) in [6, 6.07) is 6.99. The molecule has 1 aromatic carbocycles. The van der Waals surface area contributed by atoms with E-state index in [-0.39, 0.29) is 22.9 Å². The first-order valence-electron chi connectivity index (χ1n) is 8.70. The molecule has 0 spiro atoms. The van der Waals surface area contributed by atoms with Gasteiger partial charge in [0, 0.05) is 17.8 Å². The summed E-state index contributed by atoms with van der Waals surface area (Å²) < 4.78 is 5.87. The summed E-state index contributed by atoms with van der Waals surface area (Å²) in [4.78, 5) is 12.5. The third-order valence-corrected chi connectivity index (χ3v) is 6.69. The molecule has 4 rings (SSSR count). The molecule has 1 heterocycles. The Morgan fingerprint density at radius 2 is 1.91 bits per heavy atom. The largest absolute Gasteiger partial charge is 0.461 e. The van der Waals surface area contributed by atoms with Crippen LogP contribution in [0, 0.1) is 11.3 Å². The monoisotopic (exact) mass is 298 g/mol. The number of rotatable bonds is 1. The van der Waals surface area contributed by atoms with Crippen LogP contribution in [0.2, 0.25) is 0 Å². The molecule has 3 aliphatic rings. The lowest BCUT2D eigenvalue weighted by molar-refractivity contribution is -0.148. The molecule has 0 unspecified atom stereocenters. The fourth-order valence-corrected chi connectivity index (χ4v) is 5.60. The summed E-state index contributed by atoms with van der Waals surface area (Å²) in [5.74, 6) is 0.933. The highest BCUT2D eigenvalue weighted by atomic mass is 16.6. The first-order chi connectivity index (χ1) is 10.4. The predicted octanol–water partition coefficient (Wildman–Crippen LogP) is 4.36. The Balaban J connectivity index is 1.88. The van der Waals surface area contributed by atoms with E-state index < -0.39 is 0 Å². The maximum absolute atomic E-state index is 12.5. The predicted molar refractivity (Wildman–Crippen MR) is 86.9 cm³/mol. The van der Waals surface area contributed by atoms with Crippen molar-refractivity contribution in [2.24, 2.45) is 11.3 Å². The number of esters is 1. The molecule has 4 atom stereocenters. The van der Waals surface area contributed by atoms with Crippen LogP contribution in [0.15, 0.2) is 18.2 Å². The molecular formula is C20H26O2. The van der Waals surface area contributed by atoms with Crippen LogP contribution in [0.3, 0.4) is 0 Å². The molecule has 118 valence electrons. The van der Waals surface area contributed by atoms with Crippen molar-refractivity contribution in [3.8, 4) is 0 Å². The minimum Gasteiger partial charge on any atom is -0.461 e. The number of benzene rings is 1. The highest BCUT2D eigenvalue weighted by Gasteiger charge is 2.64. The van der Waals surface area contributed by atoms with Gasteiger partial charge in [-0.3, -0.25) is 4.79 Å². The number of carbonyl (C=O) groups is 1. The zero-order valence-electron chi connectivity index (χ0n) is 14.1. The average molecular weight is 298 g/mol. The first kappa shape index (κ1) is 14.3. The SMILES string of the molecule is CC(C)c1ccc2c(c1)C[C@@H]1OC(=O)[C@]3(C)CCC[C@@]2(C)[C@@H]13. The molecule has 0 radical (unpaired) electrons. The Labute approximate surface area is 133 Å². The summed E-state index contributed by atoms with van der Waals surface area (Å²) in [6.45, 7) is 8.99. The van der Waals surface area contributed by atoms with Gasteiger partial charge < -0.3 is 4.74 Å². The molecule has 2 fully saturated rings. The summed E-state index contributed by atoms with van der Waals surface area (Å²) in [6.07, 6.45) is 4.27. The minimum absolute atomic E-state index is 0.0466. The van der Waals surface area contributed by atoms with Crippen molar-refractivity contribution < 1.29 is 9.53 Å². The molecule has 2 heteroatoms. The molecular weight excluding hydrogens is 272 g/mol. The first-order valence-corrected chi connectivity index (χ1v) is 8.70. The van der Waals surface area contributed by atoms with E-state index in [2.05, 4.69) is 45.9 Å². The number of hydrogen-bond acceptors (Lipinski definition) is 2. The van der Waals surface area contributed by atoms with Crippen LogP contribution in [-0.2, 0) is 21.4 Å². The van der Waals surface area contributed by atoms with E-state index in [0.717, 1.165) is 19.3 Å². The molecule has 0 N–H and O–H groups in total. The van der Waals surface area contributed by atoms with Crippen LogP contribution < -0.4 is 0 Å². The van der Waals surface area contributed by atoms with Crippen LogP contribution in [0.5, 0.6) is 0 Å². The van der Waals surface area contributed by atoms with Crippen molar-refractivity contribution in [2.45, 2.75) is 70.8 Å². The van der Waals surface area contributed by atoms with Crippen LogP contribution >= 0.6 is 0 Å². The van der Waals surface area contributed by atoms with Gasteiger partial charge in [-0.15, -0.1) is 0 Å². The Morgan fingerprint density at radius 3 is 2.64 bits per heavy atom. The van der Waals surface area contributed by atoms with E-state index in [4.69, 9.17) is 4.74 Å². The number of carbonyl (C=O) groups excluding carboxylic acids is 1. The summed E-state index contributed by atoms with van der Waals surface area (Å²) >= 11 is 0. The van der Waals surface area contributed by atoms with Gasteiger partial charge in [0.25, 0.3) is 0 Å². The summed E-state index contributed by atoms with van der Waals surface area (Å²) in [7, 11) is 0. The maximum atomic E-state index is 12.5. The molecule has 22 heavy (non-hydrogen) atoms. The average Bonchev–Trinajstić information content (AvgIpc) is 2.71. The van der Waals surface area contributed by atoms with E-state index in [9.17, 15) is 4.79 Å². The van der Waals surface area contributed by atoms with Crippen molar-refractivity contribution >= 4 is 5.97 Å². The highest BCUT2D eigenvalue weighted by Crippen LogP contribution is 2.61. The molecule has 1 aromatic rings. The Hall–Kier alpha value is -1.31. The van der Waals surface area contributed by atoms with Crippen LogP contribution in [0.25, 0.3) is 0 Å². The zero-order chi connectivity index (χ0) is 15.7. The lowest BCUT2D eigenvalue weighted by Crippen LogP contribution is -2.52. The molecule has 1 aliphatic heterocycles. The van der Waals surface area contributed by atoms with Gasteiger partial charge in [-0.1, -0.05) is 45.4 Å². The van der Waals surface area contributed by atoms with Crippen LogP contribution in [-0.4, -0.2) is 12.1 Å². The molecule has 2 aliphatic carbocycles. The third kappa shape index (κ3) is 1.64. The second kappa shape index (κ2) is 4.37. The van der Waals surface area contributed by atoms with Gasteiger partial charge in [0.2, 0.25) is 0 Å². The lowest BCUT2D eigenvalue weighted by atomic mass is 9.50. The summed E-state index contributed by atoms with van der Waals surface area (Å²) in [5.41, 5.74) is 4.10. The molecule has 0 amide bonds. The summed E-state index contributed by atoms with van der Waals surface area (Å²) in [5, 5.41) is 0. The quantitative estimate of drug-likeness (QED) is 0.720. The van der Waals surface area contributed by atoms with E-state index in [1.54, 1.807) is 0 Å². The Bertz CT molecular complexity index is 647.